The van der Waals surface area contributed by atoms with Gasteiger partial charge in [-0.25, -0.2) is 0 Å². The number of amides is 2. The monoisotopic (exact) mass is 591 g/mol. The van der Waals surface area contributed by atoms with Crippen LogP contribution >= 0.6 is 0 Å². The number of anilines is 3. The van der Waals surface area contributed by atoms with E-state index in [4.69, 9.17) is 10.5 Å². The maximum Gasteiger partial charge on any atom is 0.264 e. The molecular formula is C33H45N3O5Si. The van der Waals surface area contributed by atoms with Crippen molar-refractivity contribution in [1.29, 1.82) is 0 Å². The van der Waals surface area contributed by atoms with Crippen molar-refractivity contribution in [3.8, 4) is 0 Å². The summed E-state index contributed by atoms with van der Waals surface area (Å²) in [5.74, 6) is -0.813. The molecule has 1 fully saturated rings. The van der Waals surface area contributed by atoms with Crippen LogP contribution in [0.1, 0.15) is 62.9 Å². The highest BCUT2D eigenvalue weighted by atomic mass is 28.4. The van der Waals surface area contributed by atoms with Crippen molar-refractivity contribution in [3.05, 3.63) is 76.9 Å². The van der Waals surface area contributed by atoms with Crippen molar-refractivity contribution in [2.24, 2.45) is 5.92 Å². The maximum absolute atomic E-state index is 14.5. The van der Waals surface area contributed by atoms with E-state index < -0.39 is 20.0 Å². The third-order valence-electron chi connectivity index (χ3n) is 8.54. The molecule has 2 aromatic carbocycles. The fraction of sp³-hybridized carbons (Fsp3) is 0.455. The number of hydrogen-bond acceptors (Lipinski definition) is 6. The van der Waals surface area contributed by atoms with Crippen LogP contribution in [-0.4, -0.2) is 49.3 Å². The Labute approximate surface area is 250 Å². The molecule has 0 aromatic heterocycles. The Kier molecular flexibility index (Phi) is 9.47. The van der Waals surface area contributed by atoms with Crippen LogP contribution in [0.3, 0.4) is 0 Å². The quantitative estimate of drug-likeness (QED) is 0.159. The van der Waals surface area contributed by atoms with Crippen molar-refractivity contribution in [3.63, 3.8) is 0 Å². The molecule has 0 aliphatic carbocycles. The second-order valence-electron chi connectivity index (χ2n) is 12.5. The van der Waals surface area contributed by atoms with Gasteiger partial charge in [-0.05, 0) is 95.6 Å². The lowest BCUT2D eigenvalue weighted by Crippen LogP contribution is -2.46. The Bertz CT molecular complexity index is 1380. The Morgan fingerprint density at radius 1 is 1.14 bits per heavy atom. The van der Waals surface area contributed by atoms with Crippen LogP contribution in [0.5, 0.6) is 0 Å². The van der Waals surface area contributed by atoms with E-state index in [0.29, 0.717) is 35.5 Å². The van der Waals surface area contributed by atoms with Crippen LogP contribution in [0.15, 0.2) is 65.8 Å². The summed E-state index contributed by atoms with van der Waals surface area (Å²) in [6.07, 6.45) is 5.99. The predicted octanol–water partition coefficient (Wildman–Crippen LogP) is 5.74. The molecule has 42 heavy (non-hydrogen) atoms. The van der Waals surface area contributed by atoms with Gasteiger partial charge in [-0.3, -0.25) is 9.59 Å². The van der Waals surface area contributed by atoms with Gasteiger partial charge < -0.3 is 30.6 Å². The molecule has 0 bridgehead atoms. The second kappa shape index (κ2) is 12.5. The molecule has 8 nitrogen and oxygen atoms in total. The molecule has 0 unspecified atom stereocenters. The molecule has 226 valence electrons. The average molecular weight is 592 g/mol. The van der Waals surface area contributed by atoms with Crippen molar-refractivity contribution in [2.75, 3.05) is 29.1 Å². The van der Waals surface area contributed by atoms with Crippen LogP contribution in [0.4, 0.5) is 17.1 Å². The molecule has 2 heterocycles. The first-order valence-corrected chi connectivity index (χ1v) is 17.8. The Morgan fingerprint density at radius 2 is 1.83 bits per heavy atom. The van der Waals surface area contributed by atoms with E-state index >= 15 is 0 Å². The van der Waals surface area contributed by atoms with Crippen molar-refractivity contribution < 1.29 is 24.2 Å². The molecule has 0 saturated carbocycles. The molecule has 5 N–H and O–H groups in total. The van der Waals surface area contributed by atoms with Crippen LogP contribution in [-0.2, 0) is 15.1 Å². The minimum Gasteiger partial charge on any atom is -0.432 e. The summed E-state index contributed by atoms with van der Waals surface area (Å²) in [6, 6.07) is 12.2. The molecule has 9 heteroatoms. The van der Waals surface area contributed by atoms with Crippen molar-refractivity contribution in [2.45, 2.75) is 77.3 Å². The first-order chi connectivity index (χ1) is 19.8. The van der Waals surface area contributed by atoms with Crippen molar-refractivity contribution >= 4 is 37.2 Å². The zero-order valence-corrected chi connectivity index (χ0v) is 26.6. The van der Waals surface area contributed by atoms with E-state index in [2.05, 4.69) is 38.2 Å². The predicted molar refractivity (Wildman–Crippen MR) is 171 cm³/mol. The lowest BCUT2D eigenvalue weighted by atomic mass is 9.82. The number of aliphatic hydroxyl groups excluding tert-OH is 1. The summed E-state index contributed by atoms with van der Waals surface area (Å²) >= 11 is 0. The molecule has 4 atom stereocenters. The van der Waals surface area contributed by atoms with E-state index in [1.54, 1.807) is 35.2 Å². The van der Waals surface area contributed by atoms with Crippen molar-refractivity contribution in [1.82, 2.24) is 0 Å². The van der Waals surface area contributed by atoms with E-state index in [1.165, 1.54) is 11.1 Å². The van der Waals surface area contributed by atoms with E-state index in [9.17, 15) is 19.5 Å². The summed E-state index contributed by atoms with van der Waals surface area (Å²) in [6.45, 7) is 12.2. The number of aliphatic hydroxyl groups is 1. The SMILES string of the molecule is CC(C)=CCC/C(C)=C/CN1C(=O)[C@]2(O[C@H](CCO)[C@@H]([Si](C)(C)O)[C@@H]2C)c2cc(NC(=O)c3ccc(N)cc3)ccc21. The number of allylic oxidation sites excluding steroid dienone is 3. The summed E-state index contributed by atoms with van der Waals surface area (Å²) in [7, 11) is -2.81. The molecule has 2 aliphatic heterocycles. The zero-order chi connectivity index (χ0) is 30.8. The Morgan fingerprint density at radius 3 is 2.45 bits per heavy atom. The number of nitrogens with zero attached hydrogens (tertiary/aromatic N) is 1. The molecule has 1 saturated heterocycles. The number of nitrogens with one attached hydrogen (secondary N) is 1. The lowest BCUT2D eigenvalue weighted by molar-refractivity contribution is -0.146. The van der Waals surface area contributed by atoms with Gasteiger partial charge in [0.15, 0.2) is 13.9 Å². The summed E-state index contributed by atoms with van der Waals surface area (Å²) < 4.78 is 6.70. The molecular weight excluding hydrogens is 546 g/mol. The first-order valence-electron chi connectivity index (χ1n) is 14.7. The van der Waals surface area contributed by atoms with Gasteiger partial charge in [0.05, 0.1) is 11.8 Å². The van der Waals surface area contributed by atoms with Crippen LogP contribution in [0.2, 0.25) is 18.6 Å². The summed E-state index contributed by atoms with van der Waals surface area (Å²) in [4.78, 5) is 40.6. The largest absolute Gasteiger partial charge is 0.432 e. The highest BCUT2D eigenvalue weighted by Gasteiger charge is 2.66. The van der Waals surface area contributed by atoms with Gasteiger partial charge in [0, 0.05) is 47.1 Å². The molecule has 2 amide bonds. The van der Waals surface area contributed by atoms with E-state index in [-0.39, 0.29) is 29.9 Å². The van der Waals surface area contributed by atoms with Crippen LogP contribution in [0, 0.1) is 5.92 Å². The summed E-state index contributed by atoms with van der Waals surface area (Å²) in [5.41, 5.74) is 9.63. The number of carbonyl (C=O) groups is 2. The normalized spacial score (nSPS) is 23.8. The van der Waals surface area contributed by atoms with E-state index in [0.717, 1.165) is 18.5 Å². The van der Waals surface area contributed by atoms with Crippen LogP contribution < -0.4 is 16.0 Å². The minimum atomic E-state index is -2.81. The van der Waals surface area contributed by atoms with Gasteiger partial charge in [0.2, 0.25) is 0 Å². The Hall–Kier alpha value is -3.24. The molecule has 2 aliphatic rings. The lowest BCUT2D eigenvalue weighted by Gasteiger charge is -2.32. The number of nitrogens with two attached hydrogens (primary N) is 1. The van der Waals surface area contributed by atoms with Crippen LogP contribution in [0.25, 0.3) is 0 Å². The van der Waals surface area contributed by atoms with Gasteiger partial charge in [-0.15, -0.1) is 0 Å². The van der Waals surface area contributed by atoms with Gasteiger partial charge in [-0.1, -0.05) is 30.2 Å². The van der Waals surface area contributed by atoms with E-state index in [1.807, 2.05) is 32.2 Å². The Balaban J connectivity index is 1.74. The summed E-state index contributed by atoms with van der Waals surface area (Å²) in [5, 5.41) is 12.8. The standard InChI is InChI=1S/C33H45N3O5Si/c1-21(2)8-7-9-22(3)16-18-36-28-15-14-26(35-31(38)24-10-12-25(34)13-11-24)20-27(28)33(32(36)39)23(4)30(42(5,6)40)29(41-33)17-19-37/h8,10-16,20,23,29-30,37,40H,7,9,17-19,34H2,1-6H3,(H,35,38)/b22-16+/t23-,29+,30-,33+/m0/s1. The first kappa shape index (κ1) is 31.7. The van der Waals surface area contributed by atoms with Gasteiger partial charge >= 0.3 is 0 Å². The topological polar surface area (TPSA) is 125 Å². The minimum absolute atomic E-state index is 0.107. The fourth-order valence-electron chi connectivity index (χ4n) is 6.51. The molecule has 4 rings (SSSR count). The third-order valence-corrected chi connectivity index (χ3v) is 11.0. The third kappa shape index (κ3) is 6.24. The van der Waals surface area contributed by atoms with Gasteiger partial charge in [-0.2, -0.15) is 0 Å². The number of benzene rings is 2. The molecule has 0 radical (unpaired) electrons. The molecule has 2 aromatic rings. The van der Waals surface area contributed by atoms with Gasteiger partial charge in [0.1, 0.15) is 0 Å². The van der Waals surface area contributed by atoms with Gasteiger partial charge in [0.25, 0.3) is 11.8 Å². The highest BCUT2D eigenvalue weighted by molar-refractivity contribution is 6.71. The number of hydrogen-bond donors (Lipinski definition) is 4. The number of fused-ring (bicyclic) bond motifs is 2. The number of ether oxygens (including phenoxy) is 1. The second-order valence-corrected chi connectivity index (χ2v) is 16.4. The number of nitrogen functional groups attached to an aromatic ring is 1. The smallest absolute Gasteiger partial charge is 0.264 e. The maximum atomic E-state index is 14.5. The number of carbonyl (C=O) groups excluding carboxylic acids is 2. The molecule has 1 spiro atoms. The zero-order valence-electron chi connectivity index (χ0n) is 25.6. The fourth-order valence-corrected chi connectivity index (χ4v) is 9.11. The number of rotatable bonds is 10. The average Bonchev–Trinajstić information content (AvgIpc) is 3.34. The highest BCUT2D eigenvalue weighted by Crippen LogP contribution is 2.59.